The fourth-order valence-electron chi connectivity index (χ4n) is 4.80. The first-order chi connectivity index (χ1) is 13.1. The van der Waals surface area contributed by atoms with E-state index in [4.69, 9.17) is 0 Å². The van der Waals surface area contributed by atoms with E-state index in [1.165, 1.54) is 5.56 Å². The zero-order valence-corrected chi connectivity index (χ0v) is 17.9. The van der Waals surface area contributed by atoms with Gasteiger partial charge in [-0.05, 0) is 61.2 Å². The Labute approximate surface area is 170 Å². The smallest absolute Gasteiger partial charge is 0.115 e. The summed E-state index contributed by atoms with van der Waals surface area (Å²) in [5.74, 6) is 0.375. The maximum absolute atomic E-state index is 12.2. The minimum atomic E-state index is -0.952. The molecule has 3 rings (SSSR count). The predicted molar refractivity (Wildman–Crippen MR) is 116 cm³/mol. The first-order valence-electron chi connectivity index (χ1n) is 10.4. The lowest BCUT2D eigenvalue weighted by Gasteiger charge is -2.47. The monoisotopic (exact) mass is 381 g/mol. The summed E-state index contributed by atoms with van der Waals surface area (Å²) in [4.78, 5) is 2.17. The zero-order valence-electron chi connectivity index (χ0n) is 17.9. The summed E-state index contributed by atoms with van der Waals surface area (Å²) in [6.07, 6.45) is 3.01. The van der Waals surface area contributed by atoms with E-state index < -0.39 is 5.60 Å². The zero-order chi connectivity index (χ0) is 20.5. The van der Waals surface area contributed by atoms with Gasteiger partial charge in [0.05, 0.1) is 0 Å². The van der Waals surface area contributed by atoms with E-state index in [1.54, 1.807) is 6.07 Å². The number of hydrogen-bond acceptors (Lipinski definition) is 3. The van der Waals surface area contributed by atoms with Crippen molar-refractivity contribution in [1.82, 2.24) is 4.90 Å². The van der Waals surface area contributed by atoms with E-state index in [-0.39, 0.29) is 23.0 Å². The van der Waals surface area contributed by atoms with Crippen LogP contribution in [0.4, 0.5) is 0 Å². The first kappa shape index (κ1) is 20.9. The molecular weight excluding hydrogens is 346 g/mol. The third-order valence-corrected chi connectivity index (χ3v) is 6.27. The lowest BCUT2D eigenvalue weighted by molar-refractivity contribution is -0.0803. The number of aliphatic hydroxyl groups is 1. The van der Waals surface area contributed by atoms with Gasteiger partial charge < -0.3 is 15.1 Å². The minimum absolute atomic E-state index is 0.0289. The van der Waals surface area contributed by atoms with Crippen LogP contribution in [-0.2, 0) is 11.0 Å². The van der Waals surface area contributed by atoms with Crippen molar-refractivity contribution in [3.05, 3.63) is 65.2 Å². The highest BCUT2D eigenvalue weighted by Gasteiger charge is 2.48. The van der Waals surface area contributed by atoms with Gasteiger partial charge in [-0.25, -0.2) is 0 Å². The molecule has 3 atom stereocenters. The molecule has 152 valence electrons. The molecule has 2 N–H and O–H groups in total. The van der Waals surface area contributed by atoms with Crippen LogP contribution in [0.3, 0.4) is 0 Å². The molecular formula is C25H35NO2. The molecule has 3 unspecified atom stereocenters. The molecule has 0 heterocycles. The Hall–Kier alpha value is -1.84. The minimum Gasteiger partial charge on any atom is -0.508 e. The summed E-state index contributed by atoms with van der Waals surface area (Å²) in [5.41, 5.74) is 2.41. The summed E-state index contributed by atoms with van der Waals surface area (Å²) in [5, 5.41) is 22.3. The lowest BCUT2D eigenvalue weighted by Crippen LogP contribution is -2.47. The molecule has 0 aliphatic heterocycles. The van der Waals surface area contributed by atoms with Crippen LogP contribution < -0.4 is 0 Å². The van der Waals surface area contributed by atoms with E-state index in [0.717, 1.165) is 36.9 Å². The van der Waals surface area contributed by atoms with Crippen molar-refractivity contribution in [3.63, 3.8) is 0 Å². The second-order valence-electron chi connectivity index (χ2n) is 9.69. The maximum atomic E-state index is 12.2. The van der Waals surface area contributed by atoms with E-state index in [0.29, 0.717) is 0 Å². The van der Waals surface area contributed by atoms with Crippen LogP contribution in [0.15, 0.2) is 48.5 Å². The van der Waals surface area contributed by atoms with Crippen LogP contribution >= 0.6 is 0 Å². The van der Waals surface area contributed by atoms with Crippen molar-refractivity contribution >= 4 is 0 Å². The van der Waals surface area contributed by atoms with Gasteiger partial charge in [-0.3, -0.25) is 0 Å². The molecule has 1 aliphatic carbocycles. The molecule has 2 aromatic carbocycles. The van der Waals surface area contributed by atoms with Crippen LogP contribution in [0.5, 0.6) is 5.75 Å². The van der Waals surface area contributed by atoms with Crippen LogP contribution in [0.1, 0.15) is 62.6 Å². The van der Waals surface area contributed by atoms with Crippen molar-refractivity contribution in [2.45, 2.75) is 57.0 Å². The summed E-state index contributed by atoms with van der Waals surface area (Å²) in [7, 11) is 4.14. The molecule has 0 spiro atoms. The van der Waals surface area contributed by atoms with E-state index >= 15 is 0 Å². The largest absolute Gasteiger partial charge is 0.508 e. The third kappa shape index (κ3) is 4.11. The normalized spacial score (nSPS) is 25.8. The standard InChI is InChI=1S/C25H35NO2/c1-24(2,3)19-12-14-20(15-13-19)25(28)21(17-26(4)5)9-7-11-23(25)18-8-6-10-22(27)16-18/h6,8,10,12-16,21,23,27-28H,7,9,11,17H2,1-5H3. The highest BCUT2D eigenvalue weighted by molar-refractivity contribution is 5.38. The fourth-order valence-corrected chi connectivity index (χ4v) is 4.80. The van der Waals surface area contributed by atoms with Gasteiger partial charge in [0.25, 0.3) is 0 Å². The van der Waals surface area contributed by atoms with Crippen molar-refractivity contribution in [2.75, 3.05) is 20.6 Å². The second kappa shape index (κ2) is 7.88. The molecule has 0 radical (unpaired) electrons. The van der Waals surface area contributed by atoms with Gasteiger partial charge in [0.1, 0.15) is 11.4 Å². The van der Waals surface area contributed by atoms with Gasteiger partial charge in [0, 0.05) is 18.4 Å². The van der Waals surface area contributed by atoms with E-state index in [1.807, 2.05) is 18.2 Å². The number of rotatable bonds is 4. The molecule has 28 heavy (non-hydrogen) atoms. The highest BCUT2D eigenvalue weighted by Crippen LogP contribution is 2.51. The molecule has 0 aromatic heterocycles. The summed E-state index contributed by atoms with van der Waals surface area (Å²) >= 11 is 0. The third-order valence-electron chi connectivity index (χ3n) is 6.27. The van der Waals surface area contributed by atoms with Gasteiger partial charge in [-0.2, -0.15) is 0 Å². The molecule has 3 nitrogen and oxygen atoms in total. The van der Waals surface area contributed by atoms with Crippen LogP contribution in [0, 0.1) is 5.92 Å². The lowest BCUT2D eigenvalue weighted by atomic mass is 9.62. The average Bonchev–Trinajstić information content (AvgIpc) is 2.62. The Bertz CT molecular complexity index is 791. The number of nitrogens with zero attached hydrogens (tertiary/aromatic N) is 1. The Kier molecular flexibility index (Phi) is 5.88. The first-order valence-corrected chi connectivity index (χ1v) is 10.4. The van der Waals surface area contributed by atoms with Crippen LogP contribution in [0.2, 0.25) is 0 Å². The predicted octanol–water partition coefficient (Wildman–Crippen LogP) is 5.02. The molecule has 0 bridgehead atoms. The maximum Gasteiger partial charge on any atom is 0.115 e. The van der Waals surface area contributed by atoms with Crippen molar-refractivity contribution < 1.29 is 10.2 Å². The average molecular weight is 382 g/mol. The van der Waals surface area contributed by atoms with Gasteiger partial charge >= 0.3 is 0 Å². The number of phenolic OH excluding ortho intramolecular Hbond substituents is 1. The Morgan fingerprint density at radius 3 is 2.29 bits per heavy atom. The molecule has 0 amide bonds. The molecule has 1 aliphatic rings. The Morgan fingerprint density at radius 2 is 1.71 bits per heavy atom. The Balaban J connectivity index is 2.08. The molecule has 1 fully saturated rings. The van der Waals surface area contributed by atoms with Gasteiger partial charge in [0.2, 0.25) is 0 Å². The number of benzene rings is 2. The molecule has 0 saturated heterocycles. The van der Waals surface area contributed by atoms with Crippen molar-refractivity contribution in [2.24, 2.45) is 5.92 Å². The van der Waals surface area contributed by atoms with Gasteiger partial charge in [0.15, 0.2) is 0 Å². The topological polar surface area (TPSA) is 43.7 Å². The molecule has 3 heteroatoms. The number of phenols is 1. The highest BCUT2D eigenvalue weighted by atomic mass is 16.3. The van der Waals surface area contributed by atoms with E-state index in [9.17, 15) is 10.2 Å². The Morgan fingerprint density at radius 1 is 1.04 bits per heavy atom. The summed E-state index contributed by atoms with van der Waals surface area (Å²) < 4.78 is 0. The number of aromatic hydroxyl groups is 1. The molecule has 2 aromatic rings. The van der Waals surface area contributed by atoms with Gasteiger partial charge in [-0.1, -0.05) is 63.6 Å². The van der Waals surface area contributed by atoms with Gasteiger partial charge in [-0.15, -0.1) is 0 Å². The van der Waals surface area contributed by atoms with Crippen molar-refractivity contribution in [3.8, 4) is 5.75 Å². The fraction of sp³-hybridized carbons (Fsp3) is 0.520. The summed E-state index contributed by atoms with van der Waals surface area (Å²) in [6.45, 7) is 7.47. The van der Waals surface area contributed by atoms with Crippen LogP contribution in [0.25, 0.3) is 0 Å². The molecule has 1 saturated carbocycles. The quantitative estimate of drug-likeness (QED) is 0.781. The number of hydrogen-bond donors (Lipinski definition) is 2. The summed E-state index contributed by atoms with van der Waals surface area (Å²) in [6, 6.07) is 16.0. The van der Waals surface area contributed by atoms with E-state index in [2.05, 4.69) is 64.0 Å². The second-order valence-corrected chi connectivity index (χ2v) is 9.69. The SMILES string of the molecule is CN(C)CC1CCCC(c2cccc(O)c2)C1(O)c1ccc(C(C)(C)C)cc1. The van der Waals surface area contributed by atoms with Crippen molar-refractivity contribution in [1.29, 1.82) is 0 Å². The van der Waals surface area contributed by atoms with Crippen LogP contribution in [-0.4, -0.2) is 35.8 Å².